The molecule has 3 aromatic rings. The number of nitrogens with one attached hydrogen (secondary N) is 1. The molecule has 1 aromatic carbocycles. The van der Waals surface area contributed by atoms with Crippen LogP contribution in [0, 0.1) is 0 Å². The number of fused-ring (bicyclic) bond motifs is 1. The number of hydrogen-bond acceptors (Lipinski definition) is 6. The fraction of sp³-hybridized carbons (Fsp3) is 0.250. The summed E-state index contributed by atoms with van der Waals surface area (Å²) >= 11 is 2.37. The first-order valence-electron chi connectivity index (χ1n) is 7.91. The molecule has 0 radical (unpaired) electrons. The number of thiophene rings is 1. The first kappa shape index (κ1) is 17.4. The second kappa shape index (κ2) is 6.62. The van der Waals surface area contributed by atoms with Crippen LogP contribution in [0.5, 0.6) is 0 Å². The fourth-order valence-electron chi connectivity index (χ4n) is 2.92. The van der Waals surface area contributed by atoms with Crippen LogP contribution >= 0.6 is 22.7 Å². The van der Waals surface area contributed by atoms with Gasteiger partial charge in [-0.1, -0.05) is 17.4 Å². The van der Waals surface area contributed by atoms with E-state index >= 15 is 0 Å². The molecule has 2 aromatic heterocycles. The molecule has 0 unspecified atom stereocenters. The summed E-state index contributed by atoms with van der Waals surface area (Å²) in [6.45, 7) is 1.22. The van der Waals surface area contributed by atoms with Crippen LogP contribution in [-0.2, 0) is 10.0 Å². The van der Waals surface area contributed by atoms with Gasteiger partial charge in [-0.05, 0) is 29.6 Å². The molecule has 1 N–H and O–H groups in total. The molecule has 4 rings (SSSR count). The Morgan fingerprint density at radius 1 is 1.12 bits per heavy atom. The Morgan fingerprint density at radius 2 is 1.88 bits per heavy atom. The fourth-order valence-corrected chi connectivity index (χ4v) is 5.91. The lowest BCUT2D eigenvalue weighted by molar-refractivity contribution is 0.0703. The normalized spacial score (nSPS) is 16.2. The van der Waals surface area contributed by atoms with Gasteiger partial charge in [0.2, 0.25) is 10.0 Å². The van der Waals surface area contributed by atoms with Crippen molar-refractivity contribution < 1.29 is 13.2 Å². The average molecular weight is 410 g/mol. The molecular formula is C16H15N3O4S3. The van der Waals surface area contributed by atoms with E-state index in [1.165, 1.54) is 27.8 Å². The maximum Gasteiger partial charge on any atom is 0.305 e. The van der Waals surface area contributed by atoms with E-state index in [0.29, 0.717) is 28.2 Å². The highest BCUT2D eigenvalue weighted by atomic mass is 32.2. The van der Waals surface area contributed by atoms with Gasteiger partial charge in [0.25, 0.3) is 5.91 Å². The maximum absolute atomic E-state index is 12.9. The van der Waals surface area contributed by atoms with Crippen LogP contribution in [0.15, 0.2) is 45.4 Å². The molecule has 1 saturated heterocycles. The van der Waals surface area contributed by atoms with E-state index < -0.39 is 10.0 Å². The van der Waals surface area contributed by atoms with Gasteiger partial charge in [-0.25, -0.2) is 8.42 Å². The van der Waals surface area contributed by atoms with Crippen LogP contribution in [0.2, 0.25) is 0 Å². The van der Waals surface area contributed by atoms with Gasteiger partial charge < -0.3 is 9.88 Å². The van der Waals surface area contributed by atoms with E-state index in [1.54, 1.807) is 17.0 Å². The Kier molecular flexibility index (Phi) is 4.43. The molecule has 0 spiro atoms. The van der Waals surface area contributed by atoms with Crippen molar-refractivity contribution >= 4 is 48.8 Å². The summed E-state index contributed by atoms with van der Waals surface area (Å²) in [4.78, 5) is 28.7. The van der Waals surface area contributed by atoms with Gasteiger partial charge >= 0.3 is 4.87 Å². The average Bonchev–Trinajstić information content (AvgIpc) is 3.29. The highest BCUT2D eigenvalue weighted by Gasteiger charge is 2.30. The Balaban J connectivity index is 1.52. The van der Waals surface area contributed by atoms with Gasteiger partial charge in [0, 0.05) is 26.2 Å². The van der Waals surface area contributed by atoms with Crippen molar-refractivity contribution in [3.8, 4) is 0 Å². The van der Waals surface area contributed by atoms with E-state index in [-0.39, 0.29) is 28.8 Å². The zero-order chi connectivity index (χ0) is 18.3. The van der Waals surface area contributed by atoms with E-state index in [9.17, 15) is 18.0 Å². The Bertz CT molecular complexity index is 1110. The van der Waals surface area contributed by atoms with Crippen molar-refractivity contribution in [1.29, 1.82) is 0 Å². The predicted octanol–water partition coefficient (Wildman–Crippen LogP) is 1.80. The molecule has 1 amide bonds. The minimum atomic E-state index is -3.66. The number of amides is 1. The van der Waals surface area contributed by atoms with Crippen LogP contribution in [0.4, 0.5) is 0 Å². The molecule has 0 atom stereocenters. The predicted molar refractivity (Wildman–Crippen MR) is 101 cm³/mol. The van der Waals surface area contributed by atoms with E-state index in [2.05, 4.69) is 4.98 Å². The molecule has 7 nitrogen and oxygen atoms in total. The van der Waals surface area contributed by atoms with Crippen molar-refractivity contribution in [2.24, 2.45) is 0 Å². The number of thiazole rings is 1. The first-order valence-corrected chi connectivity index (χ1v) is 11.0. The van der Waals surface area contributed by atoms with E-state index in [0.717, 1.165) is 11.3 Å². The van der Waals surface area contributed by atoms with Gasteiger partial charge in [0.1, 0.15) is 0 Å². The minimum absolute atomic E-state index is 0.0597. The standard InChI is InChI=1S/C16H15N3O4S3/c20-15(13-2-1-9-24-13)18-5-7-19(8-6-18)26(22,23)11-3-4-12-14(10-11)25-16(21)17-12/h1-4,9-10H,5-8H2,(H,17,21). The Labute approximate surface area is 157 Å². The molecule has 26 heavy (non-hydrogen) atoms. The number of aromatic nitrogens is 1. The molecule has 3 heterocycles. The highest BCUT2D eigenvalue weighted by Crippen LogP contribution is 2.24. The van der Waals surface area contributed by atoms with Gasteiger partial charge in [-0.2, -0.15) is 4.31 Å². The van der Waals surface area contributed by atoms with Crippen molar-refractivity contribution in [3.63, 3.8) is 0 Å². The van der Waals surface area contributed by atoms with Crippen molar-refractivity contribution in [2.75, 3.05) is 26.2 Å². The van der Waals surface area contributed by atoms with Gasteiger partial charge in [-0.15, -0.1) is 11.3 Å². The molecule has 0 saturated carbocycles. The van der Waals surface area contributed by atoms with Crippen molar-refractivity contribution in [3.05, 3.63) is 50.3 Å². The largest absolute Gasteiger partial charge is 0.335 e. The lowest BCUT2D eigenvalue weighted by Crippen LogP contribution is -2.50. The molecule has 1 aliphatic heterocycles. The van der Waals surface area contributed by atoms with Crippen LogP contribution in [0.25, 0.3) is 10.2 Å². The van der Waals surface area contributed by atoms with Crippen LogP contribution in [0.1, 0.15) is 9.67 Å². The molecule has 0 bridgehead atoms. The Morgan fingerprint density at radius 3 is 2.58 bits per heavy atom. The first-order chi connectivity index (χ1) is 12.4. The number of benzene rings is 1. The molecule has 1 aliphatic rings. The summed E-state index contributed by atoms with van der Waals surface area (Å²) < 4.78 is 27.8. The van der Waals surface area contributed by atoms with Gasteiger partial charge in [-0.3, -0.25) is 9.59 Å². The molecule has 1 fully saturated rings. The maximum atomic E-state index is 12.9. The van der Waals surface area contributed by atoms with Crippen molar-refractivity contribution in [2.45, 2.75) is 4.90 Å². The zero-order valence-corrected chi connectivity index (χ0v) is 16.0. The van der Waals surface area contributed by atoms with Gasteiger partial charge in [0.15, 0.2) is 0 Å². The number of aromatic amines is 1. The summed E-state index contributed by atoms with van der Waals surface area (Å²) in [6.07, 6.45) is 0. The number of rotatable bonds is 3. The number of sulfonamides is 1. The molecular weight excluding hydrogens is 394 g/mol. The number of hydrogen-bond donors (Lipinski definition) is 1. The SMILES string of the molecule is O=C(c1cccs1)N1CCN(S(=O)(=O)c2ccc3[nH]c(=O)sc3c2)CC1. The number of carbonyl (C=O) groups is 1. The van der Waals surface area contributed by atoms with Crippen molar-refractivity contribution in [1.82, 2.24) is 14.2 Å². The second-order valence-corrected chi connectivity index (χ2v) is 9.75. The topological polar surface area (TPSA) is 90.6 Å². The number of H-pyrrole nitrogens is 1. The molecule has 0 aliphatic carbocycles. The third-order valence-electron chi connectivity index (χ3n) is 4.29. The van der Waals surface area contributed by atoms with Crippen LogP contribution < -0.4 is 4.87 Å². The van der Waals surface area contributed by atoms with E-state index in [4.69, 9.17) is 0 Å². The second-order valence-electron chi connectivity index (χ2n) is 5.85. The van der Waals surface area contributed by atoms with Crippen LogP contribution in [-0.4, -0.2) is 54.7 Å². The number of piperazine rings is 1. The third-order valence-corrected chi connectivity index (χ3v) is 7.89. The summed E-state index contributed by atoms with van der Waals surface area (Å²) in [5.74, 6) is -0.0597. The summed E-state index contributed by atoms with van der Waals surface area (Å²) in [5.41, 5.74) is 0.630. The third kappa shape index (κ3) is 3.09. The van der Waals surface area contributed by atoms with Gasteiger partial charge in [0.05, 0.1) is 20.0 Å². The molecule has 10 heteroatoms. The quantitative estimate of drug-likeness (QED) is 0.714. The summed E-state index contributed by atoms with van der Waals surface area (Å²) in [6, 6.07) is 8.23. The summed E-state index contributed by atoms with van der Waals surface area (Å²) in [7, 11) is -3.66. The zero-order valence-electron chi connectivity index (χ0n) is 13.5. The summed E-state index contributed by atoms with van der Waals surface area (Å²) in [5, 5.41) is 1.85. The molecule has 136 valence electrons. The highest BCUT2D eigenvalue weighted by molar-refractivity contribution is 7.89. The van der Waals surface area contributed by atoms with E-state index in [1.807, 2.05) is 11.4 Å². The minimum Gasteiger partial charge on any atom is -0.335 e. The number of nitrogens with zero attached hydrogens (tertiary/aromatic N) is 2. The lowest BCUT2D eigenvalue weighted by Gasteiger charge is -2.33. The Hall–Kier alpha value is -2.01. The monoisotopic (exact) mass is 409 g/mol. The van der Waals surface area contributed by atoms with Crippen LogP contribution in [0.3, 0.4) is 0 Å². The smallest absolute Gasteiger partial charge is 0.305 e. The lowest BCUT2D eigenvalue weighted by atomic mass is 10.3. The number of carbonyl (C=O) groups excluding carboxylic acids is 1.